The first-order valence-electron chi connectivity index (χ1n) is 9.70. The van der Waals surface area contributed by atoms with Crippen LogP contribution in [0.25, 0.3) is 0 Å². The van der Waals surface area contributed by atoms with E-state index in [2.05, 4.69) is 31.3 Å². The zero-order valence-corrected chi connectivity index (χ0v) is 19.3. The van der Waals surface area contributed by atoms with Crippen LogP contribution in [-0.2, 0) is 15.3 Å². The van der Waals surface area contributed by atoms with Gasteiger partial charge in [0.25, 0.3) is 0 Å². The van der Waals surface area contributed by atoms with Crippen molar-refractivity contribution in [3.05, 3.63) is 81.2 Å². The summed E-state index contributed by atoms with van der Waals surface area (Å²) in [5, 5.41) is 8.36. The molecule has 0 fully saturated rings. The highest BCUT2D eigenvalue weighted by molar-refractivity contribution is 9.10. The summed E-state index contributed by atoms with van der Waals surface area (Å²) in [6.07, 6.45) is 0. The Hall–Kier alpha value is -2.65. The van der Waals surface area contributed by atoms with Crippen LogP contribution >= 0.6 is 27.7 Å². The lowest BCUT2D eigenvalue weighted by Gasteiger charge is -2.28. The molecule has 0 unspecified atom stereocenters. The highest BCUT2D eigenvalue weighted by Crippen LogP contribution is 2.37. The van der Waals surface area contributed by atoms with Gasteiger partial charge in [0.2, 0.25) is 11.1 Å². The molecule has 0 saturated carbocycles. The van der Waals surface area contributed by atoms with E-state index in [1.54, 1.807) is 17.7 Å². The number of nitrogens with zero attached hydrogens (tertiary/aromatic N) is 3. The lowest BCUT2D eigenvalue weighted by Crippen LogP contribution is -2.29. The first kappa shape index (κ1) is 21.6. The molecule has 1 N–H and O–H groups in total. The van der Waals surface area contributed by atoms with Crippen LogP contribution in [0.15, 0.2) is 69.4 Å². The van der Waals surface area contributed by atoms with E-state index in [0.29, 0.717) is 28.1 Å². The van der Waals surface area contributed by atoms with Gasteiger partial charge >= 0.3 is 5.97 Å². The molecule has 0 radical (unpaired) electrons. The lowest BCUT2D eigenvalue weighted by molar-refractivity contribution is -0.139. The fourth-order valence-electron chi connectivity index (χ4n) is 3.43. The van der Waals surface area contributed by atoms with E-state index in [0.717, 1.165) is 15.6 Å². The van der Waals surface area contributed by atoms with Gasteiger partial charge in [-0.2, -0.15) is 4.98 Å². The molecule has 31 heavy (non-hydrogen) atoms. The molecule has 160 valence electrons. The first-order valence-corrected chi connectivity index (χ1v) is 11.5. The summed E-state index contributed by atoms with van der Waals surface area (Å²) >= 11 is 4.91. The van der Waals surface area contributed by atoms with Crippen molar-refractivity contribution in [1.82, 2.24) is 14.8 Å². The van der Waals surface area contributed by atoms with Crippen LogP contribution in [0.2, 0.25) is 0 Å². The molecule has 6 nitrogen and oxygen atoms in total. The second kappa shape index (κ2) is 9.23. The number of fused-ring (bicyclic) bond motifs is 1. The molecule has 1 atom stereocenters. The smallest absolute Gasteiger partial charge is 0.338 e. The van der Waals surface area contributed by atoms with Gasteiger partial charge < -0.3 is 10.1 Å². The number of allylic oxidation sites excluding steroid dienone is 1. The lowest BCUT2D eigenvalue weighted by atomic mass is 9.96. The number of carbonyl (C=O) groups is 1. The number of carbonyl (C=O) groups excluding carboxylic acids is 1. The minimum atomic E-state index is -0.483. The van der Waals surface area contributed by atoms with E-state index < -0.39 is 12.0 Å². The number of rotatable bonds is 6. The van der Waals surface area contributed by atoms with Crippen LogP contribution in [0.1, 0.15) is 31.0 Å². The number of thioether (sulfide) groups is 1. The van der Waals surface area contributed by atoms with Crippen molar-refractivity contribution < 1.29 is 13.9 Å². The van der Waals surface area contributed by atoms with Crippen molar-refractivity contribution in [2.75, 3.05) is 11.9 Å². The summed E-state index contributed by atoms with van der Waals surface area (Å²) < 4.78 is 21.4. The standard InChI is InChI=1S/C22H20BrFN4O2S/c1-3-30-20(29)18-13(2)25-21-26-22(31-12-14-6-4-9-17(24)10-14)27-28(21)19(18)15-7-5-8-16(23)11-15/h4-11,19H,3,12H2,1-2H3,(H,25,26,27)/t19-/m0/s1. The van der Waals surface area contributed by atoms with Gasteiger partial charge in [-0.25, -0.2) is 13.9 Å². The molecule has 0 amide bonds. The molecule has 2 aromatic carbocycles. The summed E-state index contributed by atoms with van der Waals surface area (Å²) in [5.41, 5.74) is 2.88. The average molecular weight is 503 g/mol. The van der Waals surface area contributed by atoms with Crippen LogP contribution in [0.3, 0.4) is 0 Å². The molecule has 4 rings (SSSR count). The second-order valence-corrected chi connectivity index (χ2v) is 8.78. The topological polar surface area (TPSA) is 69.0 Å². The van der Waals surface area contributed by atoms with Crippen LogP contribution < -0.4 is 5.32 Å². The van der Waals surface area contributed by atoms with E-state index >= 15 is 0 Å². The Balaban J connectivity index is 1.70. The summed E-state index contributed by atoms with van der Waals surface area (Å²) in [6, 6.07) is 13.7. The van der Waals surface area contributed by atoms with Gasteiger partial charge in [-0.1, -0.05) is 52.0 Å². The predicted molar refractivity (Wildman–Crippen MR) is 121 cm³/mol. The summed E-state index contributed by atoms with van der Waals surface area (Å²) in [6.45, 7) is 3.88. The quantitative estimate of drug-likeness (QED) is 0.363. The molecular formula is C22H20BrFN4O2S. The average Bonchev–Trinajstić information content (AvgIpc) is 3.13. The van der Waals surface area contributed by atoms with Crippen molar-refractivity contribution in [1.29, 1.82) is 0 Å². The van der Waals surface area contributed by atoms with E-state index in [1.165, 1.54) is 23.9 Å². The van der Waals surface area contributed by atoms with Crippen molar-refractivity contribution in [2.24, 2.45) is 0 Å². The van der Waals surface area contributed by atoms with Gasteiger partial charge in [0.15, 0.2) is 0 Å². The summed E-state index contributed by atoms with van der Waals surface area (Å²) in [4.78, 5) is 17.4. The van der Waals surface area contributed by atoms with E-state index in [-0.39, 0.29) is 12.4 Å². The number of esters is 1. The van der Waals surface area contributed by atoms with Crippen molar-refractivity contribution in [2.45, 2.75) is 30.8 Å². The second-order valence-electron chi connectivity index (χ2n) is 6.92. The van der Waals surface area contributed by atoms with Crippen molar-refractivity contribution in [3.63, 3.8) is 0 Å². The Morgan fingerprint density at radius 1 is 1.29 bits per heavy atom. The minimum Gasteiger partial charge on any atom is -0.463 e. The maximum atomic E-state index is 13.5. The Kier molecular flexibility index (Phi) is 6.43. The van der Waals surface area contributed by atoms with Crippen LogP contribution in [0.5, 0.6) is 0 Å². The van der Waals surface area contributed by atoms with Gasteiger partial charge in [0.1, 0.15) is 11.9 Å². The molecule has 0 aliphatic carbocycles. The van der Waals surface area contributed by atoms with Gasteiger partial charge in [-0.3, -0.25) is 0 Å². The van der Waals surface area contributed by atoms with Crippen LogP contribution in [0, 0.1) is 5.82 Å². The molecular weight excluding hydrogens is 483 g/mol. The molecule has 9 heteroatoms. The van der Waals surface area contributed by atoms with Gasteiger partial charge in [0.05, 0.1) is 12.2 Å². The zero-order valence-electron chi connectivity index (χ0n) is 16.9. The Bertz CT molecular complexity index is 1160. The number of benzene rings is 2. The molecule has 0 bridgehead atoms. The molecule has 0 saturated heterocycles. The highest BCUT2D eigenvalue weighted by Gasteiger charge is 2.35. The first-order chi connectivity index (χ1) is 15.0. The third-order valence-electron chi connectivity index (χ3n) is 4.75. The largest absolute Gasteiger partial charge is 0.463 e. The highest BCUT2D eigenvalue weighted by atomic mass is 79.9. The number of hydrogen-bond donors (Lipinski definition) is 1. The maximum absolute atomic E-state index is 13.5. The molecule has 3 aromatic rings. The minimum absolute atomic E-state index is 0.273. The summed E-state index contributed by atoms with van der Waals surface area (Å²) in [5.74, 6) is 0.398. The predicted octanol–water partition coefficient (Wildman–Crippen LogP) is 5.32. The number of aromatic nitrogens is 3. The van der Waals surface area contributed by atoms with Gasteiger partial charge in [0, 0.05) is 15.9 Å². The summed E-state index contributed by atoms with van der Waals surface area (Å²) in [7, 11) is 0. The molecule has 1 aromatic heterocycles. The molecule has 0 spiro atoms. The molecule has 2 heterocycles. The molecule has 1 aliphatic rings. The fraction of sp³-hybridized carbons (Fsp3) is 0.227. The Morgan fingerprint density at radius 2 is 2.10 bits per heavy atom. The van der Waals surface area contributed by atoms with Crippen LogP contribution in [0.4, 0.5) is 10.3 Å². The van der Waals surface area contributed by atoms with Crippen molar-refractivity contribution in [3.8, 4) is 0 Å². The number of anilines is 1. The number of ether oxygens (including phenoxy) is 1. The SMILES string of the molecule is CCOC(=O)C1=C(C)Nc2nc(SCc3cccc(F)c3)nn2[C@H]1c1cccc(Br)c1. The number of hydrogen-bond acceptors (Lipinski definition) is 6. The van der Waals surface area contributed by atoms with Crippen molar-refractivity contribution >= 4 is 39.6 Å². The van der Waals surface area contributed by atoms with E-state index in [1.807, 2.05) is 37.3 Å². The Labute approximate surface area is 192 Å². The monoisotopic (exact) mass is 502 g/mol. The Morgan fingerprint density at radius 3 is 2.84 bits per heavy atom. The van der Waals surface area contributed by atoms with Gasteiger partial charge in [-0.05, 0) is 49.2 Å². The number of halogens is 2. The maximum Gasteiger partial charge on any atom is 0.338 e. The third-order valence-corrected chi connectivity index (χ3v) is 6.15. The fourth-order valence-corrected chi connectivity index (χ4v) is 4.61. The van der Waals surface area contributed by atoms with Gasteiger partial charge in [-0.15, -0.1) is 5.10 Å². The van der Waals surface area contributed by atoms with E-state index in [9.17, 15) is 9.18 Å². The normalized spacial score (nSPS) is 15.4. The third kappa shape index (κ3) is 4.67. The molecule has 1 aliphatic heterocycles. The zero-order chi connectivity index (χ0) is 22.0. The van der Waals surface area contributed by atoms with E-state index in [4.69, 9.17) is 4.74 Å². The van der Waals surface area contributed by atoms with Crippen LogP contribution in [-0.4, -0.2) is 27.3 Å². The number of nitrogens with one attached hydrogen (secondary N) is 1.